The highest BCUT2D eigenvalue weighted by Gasteiger charge is 2.30. The number of nitrogens with zero attached hydrogens (tertiary/aromatic N) is 1. The van der Waals surface area contributed by atoms with Crippen LogP contribution < -0.4 is 21.2 Å². The second-order valence-corrected chi connectivity index (χ2v) is 8.58. The summed E-state index contributed by atoms with van der Waals surface area (Å²) in [5.41, 5.74) is 13.3. The van der Waals surface area contributed by atoms with Crippen molar-refractivity contribution in [3.05, 3.63) is 106 Å². The molecule has 3 N–H and O–H groups in total. The van der Waals surface area contributed by atoms with Gasteiger partial charge >= 0.3 is 0 Å². The van der Waals surface area contributed by atoms with Gasteiger partial charge in [-0.1, -0.05) is 62.4 Å². The molecule has 1 aliphatic heterocycles. The molecule has 4 heteroatoms. The smallest absolute Gasteiger partial charge is 0.135 e. The highest BCUT2D eigenvalue weighted by Crippen LogP contribution is 2.39. The molecule has 0 saturated heterocycles. The maximum Gasteiger partial charge on any atom is 0.135 e. The number of aryl methyl sites for hydroxylation is 1. The average Bonchev–Trinajstić information content (AvgIpc) is 3.20. The Morgan fingerprint density at radius 1 is 1.06 bits per heavy atom. The zero-order valence-corrected chi connectivity index (χ0v) is 18.6. The van der Waals surface area contributed by atoms with Crippen LogP contribution in [0.1, 0.15) is 43.9 Å². The summed E-state index contributed by atoms with van der Waals surface area (Å²) in [6.45, 7) is 4.47. The van der Waals surface area contributed by atoms with Crippen LogP contribution in [-0.2, 0) is 6.42 Å². The number of para-hydroxylation sites is 1. The van der Waals surface area contributed by atoms with E-state index >= 15 is 0 Å². The second-order valence-electron chi connectivity index (χ2n) is 8.58. The minimum atomic E-state index is 0.0638. The van der Waals surface area contributed by atoms with Gasteiger partial charge in [0.25, 0.3) is 0 Å². The summed E-state index contributed by atoms with van der Waals surface area (Å²) in [4.78, 5) is 8.39. The van der Waals surface area contributed by atoms with Crippen molar-refractivity contribution in [2.75, 3.05) is 5.73 Å². The Hall–Kier alpha value is -3.53. The zero-order valence-electron chi connectivity index (χ0n) is 18.6. The molecule has 2 atom stereocenters. The van der Waals surface area contributed by atoms with E-state index in [1.54, 1.807) is 0 Å². The van der Waals surface area contributed by atoms with E-state index in [1.807, 2.05) is 36.5 Å². The number of aromatic amines is 1. The van der Waals surface area contributed by atoms with Gasteiger partial charge in [0.1, 0.15) is 17.0 Å². The van der Waals surface area contributed by atoms with Crippen molar-refractivity contribution in [1.29, 1.82) is 0 Å². The fourth-order valence-corrected chi connectivity index (χ4v) is 4.83. The van der Waals surface area contributed by atoms with Crippen LogP contribution in [-0.4, -0.2) is 4.98 Å². The number of nitrogen functional groups attached to an aromatic ring is 1. The van der Waals surface area contributed by atoms with Gasteiger partial charge in [-0.3, -0.25) is 4.99 Å². The third kappa shape index (κ3) is 3.77. The Labute approximate surface area is 188 Å². The van der Waals surface area contributed by atoms with Crippen LogP contribution in [0.5, 0.6) is 5.75 Å². The molecule has 1 aromatic heterocycles. The van der Waals surface area contributed by atoms with Crippen molar-refractivity contribution in [2.24, 2.45) is 10.9 Å². The van der Waals surface area contributed by atoms with Gasteiger partial charge in [0, 0.05) is 23.8 Å². The van der Waals surface area contributed by atoms with Gasteiger partial charge in [-0.15, -0.1) is 0 Å². The molecule has 0 spiro atoms. The van der Waals surface area contributed by atoms with Crippen molar-refractivity contribution in [3.8, 4) is 5.75 Å². The lowest BCUT2D eigenvalue weighted by Crippen LogP contribution is -2.36. The Morgan fingerprint density at radius 2 is 1.91 bits per heavy atom. The molecule has 0 bridgehead atoms. The third-order valence-electron chi connectivity index (χ3n) is 6.51. The molecule has 32 heavy (non-hydrogen) atoms. The summed E-state index contributed by atoms with van der Waals surface area (Å²) in [7, 11) is 0. The predicted molar refractivity (Wildman–Crippen MR) is 130 cm³/mol. The fourth-order valence-electron chi connectivity index (χ4n) is 4.83. The number of anilines is 1. The van der Waals surface area contributed by atoms with Gasteiger partial charge in [-0.2, -0.15) is 0 Å². The van der Waals surface area contributed by atoms with Crippen LogP contribution in [0.3, 0.4) is 0 Å². The number of aromatic nitrogens is 1. The number of rotatable bonds is 5. The molecule has 2 aromatic carbocycles. The lowest BCUT2D eigenvalue weighted by molar-refractivity contribution is 0.401. The van der Waals surface area contributed by atoms with Gasteiger partial charge in [-0.05, 0) is 53.3 Å². The molecule has 2 heterocycles. The van der Waals surface area contributed by atoms with Gasteiger partial charge in [0.15, 0.2) is 0 Å². The molecule has 0 amide bonds. The summed E-state index contributed by atoms with van der Waals surface area (Å²) >= 11 is 0. The summed E-state index contributed by atoms with van der Waals surface area (Å²) in [5, 5.41) is 1.06. The molecule has 162 valence electrons. The zero-order chi connectivity index (χ0) is 22.1. The first-order valence-electron chi connectivity index (χ1n) is 11.4. The molecule has 5 rings (SSSR count). The fraction of sp³-hybridized carbons (Fsp3) is 0.250. The summed E-state index contributed by atoms with van der Waals surface area (Å²) in [6, 6.07) is 18.8. The van der Waals surface area contributed by atoms with E-state index in [0.29, 0.717) is 0 Å². The highest BCUT2D eigenvalue weighted by molar-refractivity contribution is 5.72. The third-order valence-corrected chi connectivity index (χ3v) is 6.51. The van der Waals surface area contributed by atoms with Crippen molar-refractivity contribution >= 4 is 11.3 Å². The first kappa shape index (κ1) is 20.4. The average molecular weight is 424 g/mol. The Balaban J connectivity index is 1.54. The number of nitrogens with one attached hydrogen (secondary N) is 1. The molecule has 3 aromatic rings. The molecular weight excluding hydrogens is 394 g/mol. The second kappa shape index (κ2) is 8.54. The first-order valence-corrected chi connectivity index (χ1v) is 11.4. The largest absolute Gasteiger partial charge is 0.462 e. The monoisotopic (exact) mass is 423 g/mol. The number of fused-ring (bicyclic) bond motifs is 1. The molecule has 2 unspecified atom stereocenters. The molecule has 0 radical (unpaired) electrons. The van der Waals surface area contributed by atoms with Crippen molar-refractivity contribution in [3.63, 3.8) is 0 Å². The Morgan fingerprint density at radius 3 is 2.66 bits per heavy atom. The van der Waals surface area contributed by atoms with Crippen LogP contribution in [0.4, 0.5) is 5.69 Å². The predicted octanol–water partition coefficient (Wildman–Crippen LogP) is 5.00. The maximum atomic E-state index is 6.40. The standard InChI is InChI=1S/C28H29N3O/c1-3-19-8-7-9-21(16-19)27-18(2)25(26-24(29)17-30-28(26)31-27)20-12-14-23(15-13-20)32-22-10-5-4-6-11-22/h4-12,14,16-18,27H,3,13,15,29H2,1-2H3,(H,30,31). The Bertz CT molecular complexity index is 1310. The number of benzene rings is 2. The van der Waals surface area contributed by atoms with E-state index < -0.39 is 0 Å². The quantitative estimate of drug-likeness (QED) is 0.606. The first-order chi connectivity index (χ1) is 15.6. The van der Waals surface area contributed by atoms with Crippen molar-refractivity contribution < 1.29 is 4.74 Å². The van der Waals surface area contributed by atoms with Crippen molar-refractivity contribution in [1.82, 2.24) is 4.98 Å². The minimum absolute atomic E-state index is 0.0638. The number of ether oxygens (including phenoxy) is 1. The Kier molecular flexibility index (Phi) is 5.44. The van der Waals surface area contributed by atoms with E-state index in [9.17, 15) is 0 Å². The van der Waals surface area contributed by atoms with E-state index in [1.165, 1.54) is 22.3 Å². The van der Waals surface area contributed by atoms with E-state index in [-0.39, 0.29) is 12.0 Å². The van der Waals surface area contributed by atoms with Gasteiger partial charge in [-0.25, -0.2) is 0 Å². The van der Waals surface area contributed by atoms with Crippen LogP contribution in [0, 0.1) is 5.92 Å². The van der Waals surface area contributed by atoms with Crippen LogP contribution in [0.15, 0.2) is 89.3 Å². The number of H-pyrrole nitrogens is 1. The number of nitrogens with two attached hydrogens (primary N) is 1. The molecule has 0 saturated carbocycles. The number of hydrogen-bond donors (Lipinski definition) is 2. The maximum absolute atomic E-state index is 6.40. The highest BCUT2D eigenvalue weighted by atomic mass is 16.5. The topological polar surface area (TPSA) is 63.4 Å². The minimum Gasteiger partial charge on any atom is -0.462 e. The normalized spacial score (nSPS) is 20.1. The van der Waals surface area contributed by atoms with E-state index in [0.717, 1.165) is 47.2 Å². The summed E-state index contributed by atoms with van der Waals surface area (Å²) < 4.78 is 6.07. The van der Waals surface area contributed by atoms with Crippen LogP contribution >= 0.6 is 0 Å². The molecular formula is C28H29N3O. The van der Waals surface area contributed by atoms with E-state index in [4.69, 9.17) is 15.5 Å². The SMILES string of the molecule is CCc1cccc(C2N=c3[nH]cc(N)c3=C(C3=CC=C(Oc4ccccc4)CC3)C2C)c1. The lowest BCUT2D eigenvalue weighted by Gasteiger charge is -2.29. The van der Waals surface area contributed by atoms with Gasteiger partial charge in [0.05, 0.1) is 11.7 Å². The van der Waals surface area contributed by atoms with Crippen molar-refractivity contribution in [2.45, 2.75) is 39.2 Å². The number of allylic oxidation sites excluding steroid dienone is 4. The van der Waals surface area contributed by atoms with E-state index in [2.05, 4.69) is 55.2 Å². The molecule has 1 aliphatic carbocycles. The summed E-state index contributed by atoms with van der Waals surface area (Å²) in [6.07, 6.45) is 8.98. The lowest BCUT2D eigenvalue weighted by atomic mass is 9.80. The van der Waals surface area contributed by atoms with Crippen LogP contribution in [0.25, 0.3) is 5.57 Å². The van der Waals surface area contributed by atoms with Gasteiger partial charge < -0.3 is 15.5 Å². The molecule has 2 aliphatic rings. The summed E-state index contributed by atoms with van der Waals surface area (Å²) in [5.74, 6) is 2.09. The molecule has 4 nitrogen and oxygen atoms in total. The van der Waals surface area contributed by atoms with Crippen LogP contribution in [0.2, 0.25) is 0 Å². The van der Waals surface area contributed by atoms with Gasteiger partial charge in [0.2, 0.25) is 0 Å². The molecule has 0 fully saturated rings. The number of hydrogen-bond acceptors (Lipinski definition) is 3.